The highest BCUT2D eigenvalue weighted by Gasteiger charge is 2.22. The van der Waals surface area contributed by atoms with E-state index in [1.165, 1.54) is 6.07 Å². The first-order valence-corrected chi connectivity index (χ1v) is 6.69. The van der Waals surface area contributed by atoms with Crippen molar-refractivity contribution in [3.05, 3.63) is 46.8 Å². The van der Waals surface area contributed by atoms with Gasteiger partial charge in [-0.2, -0.15) is 5.26 Å². The maximum atomic E-state index is 13.3. The van der Waals surface area contributed by atoms with Crippen molar-refractivity contribution in [1.82, 2.24) is 4.98 Å². The molecule has 0 saturated heterocycles. The van der Waals surface area contributed by atoms with Crippen LogP contribution in [0.1, 0.15) is 30.0 Å². The maximum absolute atomic E-state index is 13.3. The zero-order valence-electron chi connectivity index (χ0n) is 11.2. The molecule has 1 aromatic heterocycles. The van der Waals surface area contributed by atoms with Gasteiger partial charge in [-0.15, -0.1) is 0 Å². The normalized spacial score (nSPS) is 11.7. The number of pyridine rings is 1. The van der Waals surface area contributed by atoms with Gasteiger partial charge in [-0.3, -0.25) is 0 Å². The van der Waals surface area contributed by atoms with E-state index in [0.717, 1.165) is 35.3 Å². The minimum Gasteiger partial charge on any atom is -0.369 e. The number of rotatable bonds is 3. The van der Waals surface area contributed by atoms with E-state index >= 15 is 0 Å². The summed E-state index contributed by atoms with van der Waals surface area (Å²) in [6.45, 7) is 2.83. The van der Waals surface area contributed by atoms with E-state index in [2.05, 4.69) is 23.3 Å². The fraction of sp³-hybridized carbons (Fsp3) is 0.250. The van der Waals surface area contributed by atoms with Gasteiger partial charge in [0.05, 0.1) is 11.3 Å². The number of hydrogen-bond acceptors (Lipinski definition) is 3. The lowest BCUT2D eigenvalue weighted by atomic mass is 10.1. The molecule has 2 aromatic rings. The Morgan fingerprint density at radius 2 is 2.20 bits per heavy atom. The Bertz CT molecular complexity index is 716. The van der Waals surface area contributed by atoms with Crippen LogP contribution in [-0.4, -0.2) is 11.5 Å². The van der Waals surface area contributed by atoms with Crippen LogP contribution in [0, 0.1) is 17.1 Å². The molecule has 20 heavy (non-hydrogen) atoms. The lowest BCUT2D eigenvalue weighted by Gasteiger charge is -2.09. The number of nitriles is 1. The SMILES string of the molecule is CCCNc1nc2c(cc1C#N)Cc1cc(F)ccc1-2. The lowest BCUT2D eigenvalue weighted by molar-refractivity contribution is 0.626. The van der Waals surface area contributed by atoms with E-state index in [1.54, 1.807) is 12.1 Å². The second-order valence-corrected chi connectivity index (χ2v) is 4.91. The van der Waals surface area contributed by atoms with Crippen LogP contribution < -0.4 is 5.32 Å². The van der Waals surface area contributed by atoms with E-state index < -0.39 is 0 Å². The van der Waals surface area contributed by atoms with Gasteiger partial charge >= 0.3 is 0 Å². The van der Waals surface area contributed by atoms with Crippen molar-refractivity contribution in [2.24, 2.45) is 0 Å². The molecule has 100 valence electrons. The second-order valence-electron chi connectivity index (χ2n) is 4.91. The van der Waals surface area contributed by atoms with Gasteiger partial charge in [0.25, 0.3) is 0 Å². The lowest BCUT2D eigenvalue weighted by Crippen LogP contribution is -2.05. The molecular formula is C16H14FN3. The molecule has 0 fully saturated rings. The van der Waals surface area contributed by atoms with Crippen LogP contribution in [0.5, 0.6) is 0 Å². The quantitative estimate of drug-likeness (QED) is 0.790. The highest BCUT2D eigenvalue weighted by molar-refractivity contribution is 5.76. The molecule has 1 N–H and O–H groups in total. The number of halogens is 1. The third-order valence-electron chi connectivity index (χ3n) is 3.47. The van der Waals surface area contributed by atoms with Crippen molar-refractivity contribution in [2.45, 2.75) is 19.8 Å². The molecule has 0 saturated carbocycles. The summed E-state index contributed by atoms with van der Waals surface area (Å²) in [5.74, 6) is 0.381. The summed E-state index contributed by atoms with van der Waals surface area (Å²) in [5.41, 5.74) is 4.29. The van der Waals surface area contributed by atoms with Crippen molar-refractivity contribution in [3.8, 4) is 17.3 Å². The van der Waals surface area contributed by atoms with Crippen molar-refractivity contribution < 1.29 is 4.39 Å². The largest absolute Gasteiger partial charge is 0.369 e. The fourth-order valence-corrected chi connectivity index (χ4v) is 2.53. The number of nitrogens with one attached hydrogen (secondary N) is 1. The Kier molecular flexibility index (Phi) is 3.11. The maximum Gasteiger partial charge on any atom is 0.144 e. The predicted octanol–water partition coefficient (Wildman–Crippen LogP) is 3.49. The molecule has 0 aliphatic heterocycles. The zero-order valence-corrected chi connectivity index (χ0v) is 11.2. The number of nitrogens with zero attached hydrogens (tertiary/aromatic N) is 2. The molecule has 3 rings (SSSR count). The van der Waals surface area contributed by atoms with Crippen LogP contribution in [0.2, 0.25) is 0 Å². The first-order valence-electron chi connectivity index (χ1n) is 6.69. The highest BCUT2D eigenvalue weighted by atomic mass is 19.1. The molecule has 0 atom stereocenters. The van der Waals surface area contributed by atoms with Gasteiger partial charge in [0.2, 0.25) is 0 Å². The summed E-state index contributed by atoms with van der Waals surface area (Å²) in [4.78, 5) is 4.58. The summed E-state index contributed by atoms with van der Waals surface area (Å²) in [5, 5.41) is 12.4. The van der Waals surface area contributed by atoms with Crippen LogP contribution >= 0.6 is 0 Å². The Labute approximate surface area is 117 Å². The molecule has 1 aliphatic rings. The molecule has 0 radical (unpaired) electrons. The van der Waals surface area contributed by atoms with Crippen LogP contribution in [0.25, 0.3) is 11.3 Å². The highest BCUT2D eigenvalue weighted by Crippen LogP contribution is 2.37. The van der Waals surface area contributed by atoms with Crippen LogP contribution in [0.3, 0.4) is 0 Å². The molecule has 3 nitrogen and oxygen atoms in total. The molecule has 0 spiro atoms. The molecule has 0 amide bonds. The summed E-state index contributed by atoms with van der Waals surface area (Å²) in [6.07, 6.45) is 1.60. The summed E-state index contributed by atoms with van der Waals surface area (Å²) in [7, 11) is 0. The number of aromatic nitrogens is 1. The summed E-state index contributed by atoms with van der Waals surface area (Å²) in [6, 6.07) is 8.79. The van der Waals surface area contributed by atoms with E-state index in [0.29, 0.717) is 17.8 Å². The van der Waals surface area contributed by atoms with Gasteiger partial charge < -0.3 is 5.32 Å². The topological polar surface area (TPSA) is 48.7 Å². The van der Waals surface area contributed by atoms with E-state index in [9.17, 15) is 9.65 Å². The predicted molar refractivity (Wildman–Crippen MR) is 75.9 cm³/mol. The van der Waals surface area contributed by atoms with Gasteiger partial charge in [0.1, 0.15) is 17.7 Å². The number of anilines is 1. The average molecular weight is 267 g/mol. The minimum absolute atomic E-state index is 0.235. The average Bonchev–Trinajstić information content (AvgIpc) is 2.80. The zero-order chi connectivity index (χ0) is 14.1. The first kappa shape index (κ1) is 12.6. The van der Waals surface area contributed by atoms with E-state index in [-0.39, 0.29) is 5.82 Å². The Balaban J connectivity index is 2.09. The van der Waals surface area contributed by atoms with Crippen LogP contribution in [0.4, 0.5) is 10.2 Å². The second kappa shape index (κ2) is 4.93. The number of hydrogen-bond donors (Lipinski definition) is 1. The molecule has 1 aliphatic carbocycles. The number of benzene rings is 1. The molecule has 0 unspecified atom stereocenters. The van der Waals surface area contributed by atoms with Gasteiger partial charge in [0, 0.05) is 18.5 Å². The van der Waals surface area contributed by atoms with E-state index in [4.69, 9.17) is 0 Å². The summed E-state index contributed by atoms with van der Waals surface area (Å²) >= 11 is 0. The first-order chi connectivity index (χ1) is 9.72. The Morgan fingerprint density at radius 1 is 1.35 bits per heavy atom. The molecular weight excluding hydrogens is 253 g/mol. The van der Waals surface area contributed by atoms with Crippen molar-refractivity contribution in [3.63, 3.8) is 0 Å². The molecule has 1 aromatic carbocycles. The van der Waals surface area contributed by atoms with Crippen molar-refractivity contribution in [1.29, 1.82) is 5.26 Å². The Morgan fingerprint density at radius 3 is 2.95 bits per heavy atom. The van der Waals surface area contributed by atoms with Crippen LogP contribution in [0.15, 0.2) is 24.3 Å². The molecule has 4 heteroatoms. The van der Waals surface area contributed by atoms with Gasteiger partial charge in [0.15, 0.2) is 0 Å². The van der Waals surface area contributed by atoms with Gasteiger partial charge in [-0.05, 0) is 41.8 Å². The van der Waals surface area contributed by atoms with Gasteiger partial charge in [-0.1, -0.05) is 6.92 Å². The third kappa shape index (κ3) is 2.01. The standard InChI is InChI=1S/C16H14FN3/c1-2-5-19-16-12(9-18)7-11-6-10-8-13(17)3-4-14(10)15(11)20-16/h3-4,7-8H,2,5-6H2,1H3,(H,19,20). The third-order valence-corrected chi connectivity index (χ3v) is 3.47. The van der Waals surface area contributed by atoms with Crippen molar-refractivity contribution in [2.75, 3.05) is 11.9 Å². The smallest absolute Gasteiger partial charge is 0.144 e. The number of fused-ring (bicyclic) bond motifs is 3. The van der Waals surface area contributed by atoms with Gasteiger partial charge in [-0.25, -0.2) is 9.37 Å². The van der Waals surface area contributed by atoms with Crippen molar-refractivity contribution >= 4 is 5.82 Å². The Hall–Kier alpha value is -2.41. The minimum atomic E-state index is -0.235. The van der Waals surface area contributed by atoms with Crippen LogP contribution in [-0.2, 0) is 6.42 Å². The monoisotopic (exact) mass is 267 g/mol. The summed E-state index contributed by atoms with van der Waals surface area (Å²) < 4.78 is 13.3. The fourth-order valence-electron chi connectivity index (χ4n) is 2.53. The van der Waals surface area contributed by atoms with E-state index in [1.807, 2.05) is 6.07 Å². The molecule has 1 heterocycles. The molecule has 0 bridgehead atoms.